The third-order valence-corrected chi connectivity index (χ3v) is 5.58. The van der Waals surface area contributed by atoms with E-state index in [-0.39, 0.29) is 41.7 Å². The second-order valence-electron chi connectivity index (χ2n) is 7.40. The maximum atomic E-state index is 11.8. The maximum Gasteiger partial charge on any atom is 0.222 e. The topological polar surface area (TPSA) is 90.9 Å². The summed E-state index contributed by atoms with van der Waals surface area (Å²) in [5.41, 5.74) is 2.19. The number of aliphatic imine (C=N–C) groups is 1. The van der Waals surface area contributed by atoms with Crippen LogP contribution < -0.4 is 10.6 Å². The number of rotatable bonds is 9. The SMILES string of the molecule is CCNC(=NCc1cccc(CN2CCCC2=O)c1)NC(C)CCS(C)(=O)=O.I. The largest absolute Gasteiger partial charge is 0.357 e. The molecule has 2 rings (SSSR count). The lowest BCUT2D eigenvalue weighted by molar-refractivity contribution is -0.128. The van der Waals surface area contributed by atoms with Crippen LogP contribution in [0.5, 0.6) is 0 Å². The average molecular weight is 536 g/mol. The molecule has 164 valence electrons. The molecule has 0 radical (unpaired) electrons. The number of nitrogens with one attached hydrogen (secondary N) is 2. The summed E-state index contributed by atoms with van der Waals surface area (Å²) in [6.07, 6.45) is 3.38. The number of likely N-dealkylation sites (tertiary alicyclic amines) is 1. The number of sulfone groups is 1. The predicted molar refractivity (Wildman–Crippen MR) is 128 cm³/mol. The van der Waals surface area contributed by atoms with Crippen LogP contribution in [-0.4, -0.2) is 56.3 Å². The summed E-state index contributed by atoms with van der Waals surface area (Å²) in [5, 5.41) is 6.46. The molecule has 1 aliphatic rings. The van der Waals surface area contributed by atoms with Gasteiger partial charge in [-0.05, 0) is 37.8 Å². The Balaban J connectivity index is 0.00000420. The molecule has 2 N–H and O–H groups in total. The molecular weight excluding hydrogens is 503 g/mol. The number of hydrogen-bond donors (Lipinski definition) is 2. The average Bonchev–Trinajstić information content (AvgIpc) is 3.03. The van der Waals surface area contributed by atoms with Crippen molar-refractivity contribution in [2.75, 3.05) is 25.1 Å². The van der Waals surface area contributed by atoms with Crippen molar-refractivity contribution in [2.24, 2.45) is 4.99 Å². The molecule has 1 heterocycles. The van der Waals surface area contributed by atoms with Crippen LogP contribution in [0.1, 0.15) is 44.2 Å². The van der Waals surface area contributed by atoms with Crippen LogP contribution in [0.4, 0.5) is 0 Å². The first-order valence-electron chi connectivity index (χ1n) is 9.85. The van der Waals surface area contributed by atoms with Crippen molar-refractivity contribution in [2.45, 2.75) is 52.2 Å². The van der Waals surface area contributed by atoms with E-state index < -0.39 is 9.84 Å². The van der Waals surface area contributed by atoms with Crippen molar-refractivity contribution in [3.05, 3.63) is 35.4 Å². The zero-order valence-corrected chi connectivity index (χ0v) is 20.6. The van der Waals surface area contributed by atoms with Crippen molar-refractivity contribution in [3.8, 4) is 0 Å². The normalized spacial score (nSPS) is 15.8. The lowest BCUT2D eigenvalue weighted by Crippen LogP contribution is -2.42. The predicted octanol–water partition coefficient (Wildman–Crippen LogP) is 2.31. The third kappa shape index (κ3) is 9.79. The number of hydrogen-bond acceptors (Lipinski definition) is 4. The fraction of sp³-hybridized carbons (Fsp3) is 0.600. The number of guanidine groups is 1. The Morgan fingerprint density at radius 3 is 2.66 bits per heavy atom. The first-order valence-corrected chi connectivity index (χ1v) is 11.9. The Kier molecular flexibility index (Phi) is 10.9. The summed E-state index contributed by atoms with van der Waals surface area (Å²) in [5.74, 6) is 1.05. The van der Waals surface area contributed by atoms with Gasteiger partial charge in [0, 0.05) is 38.4 Å². The monoisotopic (exact) mass is 536 g/mol. The third-order valence-electron chi connectivity index (χ3n) is 4.60. The summed E-state index contributed by atoms with van der Waals surface area (Å²) in [7, 11) is -2.97. The van der Waals surface area contributed by atoms with Gasteiger partial charge in [-0.2, -0.15) is 0 Å². The Bertz CT molecular complexity index is 799. The fourth-order valence-corrected chi connectivity index (χ4v) is 3.89. The van der Waals surface area contributed by atoms with E-state index in [4.69, 9.17) is 0 Å². The molecule has 9 heteroatoms. The van der Waals surface area contributed by atoms with Gasteiger partial charge in [0.1, 0.15) is 9.84 Å². The van der Waals surface area contributed by atoms with Crippen molar-refractivity contribution in [1.82, 2.24) is 15.5 Å². The minimum absolute atomic E-state index is 0. The van der Waals surface area contributed by atoms with Gasteiger partial charge in [0.25, 0.3) is 0 Å². The van der Waals surface area contributed by atoms with Crippen LogP contribution >= 0.6 is 24.0 Å². The van der Waals surface area contributed by atoms with E-state index in [0.29, 0.717) is 31.9 Å². The summed E-state index contributed by atoms with van der Waals surface area (Å²) < 4.78 is 22.7. The van der Waals surface area contributed by atoms with E-state index in [0.717, 1.165) is 30.6 Å². The highest BCUT2D eigenvalue weighted by Gasteiger charge is 2.19. The highest BCUT2D eigenvalue weighted by atomic mass is 127. The highest BCUT2D eigenvalue weighted by molar-refractivity contribution is 14.0. The lowest BCUT2D eigenvalue weighted by Gasteiger charge is -2.18. The van der Waals surface area contributed by atoms with Crippen LogP contribution in [0.3, 0.4) is 0 Å². The molecule has 1 aromatic carbocycles. The van der Waals surface area contributed by atoms with E-state index >= 15 is 0 Å². The van der Waals surface area contributed by atoms with E-state index in [9.17, 15) is 13.2 Å². The molecule has 0 aliphatic carbocycles. The number of carbonyl (C=O) groups is 1. The molecule has 1 amide bonds. The van der Waals surface area contributed by atoms with Gasteiger partial charge in [-0.15, -0.1) is 24.0 Å². The highest BCUT2D eigenvalue weighted by Crippen LogP contribution is 2.15. The molecule has 0 bridgehead atoms. The zero-order valence-electron chi connectivity index (χ0n) is 17.5. The molecule has 1 unspecified atom stereocenters. The fourth-order valence-electron chi connectivity index (χ4n) is 3.10. The van der Waals surface area contributed by atoms with Gasteiger partial charge >= 0.3 is 0 Å². The van der Waals surface area contributed by atoms with Crippen LogP contribution in [0.2, 0.25) is 0 Å². The van der Waals surface area contributed by atoms with Crippen molar-refractivity contribution >= 4 is 45.7 Å². The molecule has 0 spiro atoms. The molecule has 0 saturated carbocycles. The lowest BCUT2D eigenvalue weighted by atomic mass is 10.1. The number of carbonyl (C=O) groups excluding carboxylic acids is 1. The quantitative estimate of drug-likeness (QED) is 0.287. The summed E-state index contributed by atoms with van der Waals surface area (Å²) in [4.78, 5) is 18.3. The van der Waals surface area contributed by atoms with Gasteiger partial charge in [-0.3, -0.25) is 4.79 Å². The maximum absolute atomic E-state index is 11.8. The van der Waals surface area contributed by atoms with E-state index in [2.05, 4.69) is 21.7 Å². The molecule has 29 heavy (non-hydrogen) atoms. The molecule has 1 aromatic rings. The second-order valence-corrected chi connectivity index (χ2v) is 9.66. The Labute approximate surface area is 191 Å². The molecule has 1 aliphatic heterocycles. The van der Waals surface area contributed by atoms with Crippen LogP contribution in [0.15, 0.2) is 29.3 Å². The van der Waals surface area contributed by atoms with Crippen LogP contribution in [0, 0.1) is 0 Å². The van der Waals surface area contributed by atoms with Crippen molar-refractivity contribution < 1.29 is 13.2 Å². The zero-order chi connectivity index (χ0) is 20.6. The molecule has 1 fully saturated rings. The van der Waals surface area contributed by atoms with Crippen LogP contribution in [0.25, 0.3) is 0 Å². The van der Waals surface area contributed by atoms with Gasteiger partial charge in [-0.25, -0.2) is 13.4 Å². The van der Waals surface area contributed by atoms with E-state index in [1.807, 2.05) is 36.9 Å². The number of amides is 1. The van der Waals surface area contributed by atoms with Gasteiger partial charge in [-0.1, -0.05) is 24.3 Å². The molecule has 1 atom stereocenters. The van der Waals surface area contributed by atoms with Gasteiger partial charge in [0.2, 0.25) is 5.91 Å². The summed E-state index contributed by atoms with van der Waals surface area (Å²) in [6.45, 7) is 6.66. The Morgan fingerprint density at radius 1 is 1.31 bits per heavy atom. The second kappa shape index (κ2) is 12.4. The van der Waals surface area contributed by atoms with E-state index in [1.165, 1.54) is 6.26 Å². The van der Waals surface area contributed by atoms with Crippen LogP contribution in [-0.2, 0) is 27.7 Å². The Hall–Kier alpha value is -1.36. The van der Waals surface area contributed by atoms with E-state index in [1.54, 1.807) is 0 Å². The molecular formula is C20H33IN4O3S. The summed E-state index contributed by atoms with van der Waals surface area (Å²) >= 11 is 0. The standard InChI is InChI=1S/C20H32N4O3S.HI/c1-4-21-20(23-16(2)10-12-28(3,26)27)22-14-17-7-5-8-18(13-17)15-24-11-6-9-19(24)25;/h5,7-8,13,16H,4,6,9-12,14-15H2,1-3H3,(H2,21,22,23);1H. The van der Waals surface area contributed by atoms with Gasteiger partial charge < -0.3 is 15.5 Å². The number of halogens is 1. The molecule has 0 aromatic heterocycles. The number of nitrogens with zero attached hydrogens (tertiary/aromatic N) is 2. The molecule has 7 nitrogen and oxygen atoms in total. The van der Waals surface area contributed by atoms with Crippen molar-refractivity contribution in [3.63, 3.8) is 0 Å². The minimum atomic E-state index is -2.97. The minimum Gasteiger partial charge on any atom is -0.357 e. The smallest absolute Gasteiger partial charge is 0.222 e. The molecule has 1 saturated heterocycles. The first kappa shape index (κ1) is 25.7. The number of benzene rings is 1. The first-order chi connectivity index (χ1) is 13.3. The van der Waals surface area contributed by atoms with Gasteiger partial charge in [0.05, 0.1) is 12.3 Å². The Morgan fingerprint density at radius 2 is 2.03 bits per heavy atom. The summed E-state index contributed by atoms with van der Waals surface area (Å²) in [6, 6.07) is 8.15. The van der Waals surface area contributed by atoms with Crippen molar-refractivity contribution in [1.29, 1.82) is 0 Å². The van der Waals surface area contributed by atoms with Gasteiger partial charge in [0.15, 0.2) is 5.96 Å².